The van der Waals surface area contributed by atoms with Gasteiger partial charge in [0.2, 0.25) is 0 Å². The summed E-state index contributed by atoms with van der Waals surface area (Å²) in [6, 6.07) is 8.18. The van der Waals surface area contributed by atoms with Gasteiger partial charge in [-0.3, -0.25) is 0 Å². The van der Waals surface area contributed by atoms with E-state index < -0.39 is 0 Å². The fourth-order valence-electron chi connectivity index (χ4n) is 2.20. The van der Waals surface area contributed by atoms with Crippen LogP contribution in [0.1, 0.15) is 19.7 Å². The van der Waals surface area contributed by atoms with Crippen molar-refractivity contribution in [1.29, 1.82) is 0 Å². The maximum atomic E-state index is 5.85. The van der Waals surface area contributed by atoms with Gasteiger partial charge in [0.25, 0.3) is 0 Å². The molecule has 0 bridgehead atoms. The number of hydrogen-bond acceptors (Lipinski definition) is 2. The molecule has 1 aromatic carbocycles. The van der Waals surface area contributed by atoms with Crippen molar-refractivity contribution in [1.82, 2.24) is 9.55 Å². The van der Waals surface area contributed by atoms with Crippen LogP contribution in [0.3, 0.4) is 0 Å². The molecule has 2 aromatic rings. The molecule has 98 valence electrons. The number of alkyl halides is 1. The number of benzene rings is 1. The standard InChI is InChI=1S/C14H19ClN2O/c1-3-18-11(2)10-17-13-7-5-4-6-12(13)16-14(17)8-9-15/h4-7,11H,3,8-10H2,1-2H3. The molecule has 1 heterocycles. The Kier molecular flexibility index (Phi) is 4.61. The Hall–Kier alpha value is -1.06. The predicted molar refractivity (Wildman–Crippen MR) is 75.2 cm³/mol. The average molecular weight is 267 g/mol. The van der Waals surface area contributed by atoms with E-state index in [9.17, 15) is 0 Å². The van der Waals surface area contributed by atoms with Crippen LogP contribution in [0.25, 0.3) is 11.0 Å². The summed E-state index contributed by atoms with van der Waals surface area (Å²) in [5.41, 5.74) is 2.19. The molecule has 0 saturated carbocycles. The molecule has 0 aliphatic carbocycles. The number of halogens is 1. The molecule has 2 rings (SSSR count). The SMILES string of the molecule is CCOC(C)Cn1c(CCCl)nc2ccccc21. The van der Waals surface area contributed by atoms with Crippen molar-refractivity contribution >= 4 is 22.6 Å². The Morgan fingerprint density at radius 2 is 2.17 bits per heavy atom. The van der Waals surface area contributed by atoms with Crippen LogP contribution in [0.5, 0.6) is 0 Å². The van der Waals surface area contributed by atoms with Crippen molar-refractivity contribution in [2.75, 3.05) is 12.5 Å². The van der Waals surface area contributed by atoms with Gasteiger partial charge in [0.15, 0.2) is 0 Å². The van der Waals surface area contributed by atoms with E-state index in [1.807, 2.05) is 25.1 Å². The monoisotopic (exact) mass is 266 g/mol. The molecule has 0 amide bonds. The molecule has 0 aliphatic rings. The minimum Gasteiger partial charge on any atom is -0.377 e. The molecule has 0 aliphatic heterocycles. The highest BCUT2D eigenvalue weighted by Crippen LogP contribution is 2.17. The van der Waals surface area contributed by atoms with Gasteiger partial charge in [0.05, 0.1) is 23.7 Å². The summed E-state index contributed by atoms with van der Waals surface area (Å²) in [6.45, 7) is 5.66. The average Bonchev–Trinajstić information content (AvgIpc) is 2.69. The molecule has 1 atom stereocenters. The smallest absolute Gasteiger partial charge is 0.111 e. The van der Waals surface area contributed by atoms with Crippen LogP contribution in [-0.2, 0) is 17.7 Å². The zero-order valence-electron chi connectivity index (χ0n) is 10.9. The van der Waals surface area contributed by atoms with E-state index in [1.54, 1.807) is 0 Å². The third-order valence-electron chi connectivity index (χ3n) is 2.94. The van der Waals surface area contributed by atoms with Gasteiger partial charge in [-0.15, -0.1) is 11.6 Å². The van der Waals surface area contributed by atoms with Crippen molar-refractivity contribution in [2.24, 2.45) is 0 Å². The van der Waals surface area contributed by atoms with Crippen molar-refractivity contribution in [3.63, 3.8) is 0 Å². The zero-order chi connectivity index (χ0) is 13.0. The molecule has 0 fully saturated rings. The topological polar surface area (TPSA) is 27.1 Å². The second kappa shape index (κ2) is 6.21. The summed E-state index contributed by atoms with van der Waals surface area (Å²) in [5, 5.41) is 0. The Morgan fingerprint density at radius 1 is 1.39 bits per heavy atom. The first-order valence-corrected chi connectivity index (χ1v) is 6.91. The van der Waals surface area contributed by atoms with E-state index in [1.165, 1.54) is 0 Å². The first-order valence-electron chi connectivity index (χ1n) is 6.38. The normalized spacial score (nSPS) is 13.1. The van der Waals surface area contributed by atoms with Crippen LogP contribution < -0.4 is 0 Å². The van der Waals surface area contributed by atoms with Crippen LogP contribution in [0.15, 0.2) is 24.3 Å². The van der Waals surface area contributed by atoms with Crippen LogP contribution >= 0.6 is 11.6 Å². The summed E-state index contributed by atoms with van der Waals surface area (Å²) in [5.74, 6) is 1.63. The lowest BCUT2D eigenvalue weighted by molar-refractivity contribution is 0.0643. The van der Waals surface area contributed by atoms with Crippen molar-refractivity contribution in [3.05, 3.63) is 30.1 Å². The zero-order valence-corrected chi connectivity index (χ0v) is 11.7. The maximum absolute atomic E-state index is 5.85. The highest BCUT2D eigenvalue weighted by molar-refractivity contribution is 6.17. The number of para-hydroxylation sites is 2. The number of aryl methyl sites for hydroxylation is 1. The highest BCUT2D eigenvalue weighted by Gasteiger charge is 2.12. The number of imidazole rings is 1. The second-order valence-corrected chi connectivity index (χ2v) is 4.71. The van der Waals surface area contributed by atoms with Crippen molar-refractivity contribution in [2.45, 2.75) is 32.9 Å². The number of nitrogens with zero attached hydrogens (tertiary/aromatic N) is 2. The summed E-state index contributed by atoms with van der Waals surface area (Å²) in [7, 11) is 0. The van der Waals surface area contributed by atoms with Gasteiger partial charge < -0.3 is 9.30 Å². The molecule has 1 unspecified atom stereocenters. The Morgan fingerprint density at radius 3 is 2.89 bits per heavy atom. The van der Waals surface area contributed by atoms with Crippen molar-refractivity contribution < 1.29 is 4.74 Å². The molecule has 4 heteroatoms. The quantitative estimate of drug-likeness (QED) is 0.751. The summed E-state index contributed by atoms with van der Waals surface area (Å²) < 4.78 is 7.84. The van der Waals surface area contributed by atoms with Gasteiger partial charge >= 0.3 is 0 Å². The predicted octanol–water partition coefficient (Wildman–Crippen LogP) is 3.24. The molecular weight excluding hydrogens is 248 g/mol. The molecule has 0 N–H and O–H groups in total. The third-order valence-corrected chi connectivity index (χ3v) is 3.13. The first kappa shape index (κ1) is 13.4. The minimum absolute atomic E-state index is 0.182. The van der Waals surface area contributed by atoms with Gasteiger partial charge in [0.1, 0.15) is 5.82 Å². The molecule has 18 heavy (non-hydrogen) atoms. The minimum atomic E-state index is 0.182. The largest absolute Gasteiger partial charge is 0.377 e. The number of aromatic nitrogens is 2. The number of rotatable bonds is 6. The van der Waals surface area contributed by atoms with Gasteiger partial charge in [-0.05, 0) is 26.0 Å². The highest BCUT2D eigenvalue weighted by atomic mass is 35.5. The molecule has 0 radical (unpaired) electrons. The van der Waals surface area contributed by atoms with Gasteiger partial charge in [-0.2, -0.15) is 0 Å². The molecule has 1 aromatic heterocycles. The van der Waals surface area contributed by atoms with Gasteiger partial charge in [0, 0.05) is 18.9 Å². The van der Waals surface area contributed by atoms with Crippen LogP contribution in [0, 0.1) is 0 Å². The summed E-state index contributed by atoms with van der Waals surface area (Å²) in [4.78, 5) is 4.64. The van der Waals surface area contributed by atoms with E-state index >= 15 is 0 Å². The summed E-state index contributed by atoms with van der Waals surface area (Å²) in [6.07, 6.45) is 0.969. The number of fused-ring (bicyclic) bond motifs is 1. The van der Waals surface area contributed by atoms with Crippen LogP contribution in [-0.4, -0.2) is 28.1 Å². The molecule has 3 nitrogen and oxygen atoms in total. The van der Waals surface area contributed by atoms with Gasteiger partial charge in [-0.25, -0.2) is 4.98 Å². The molecule has 0 saturated heterocycles. The van der Waals surface area contributed by atoms with Gasteiger partial charge in [-0.1, -0.05) is 12.1 Å². The fourth-order valence-corrected chi connectivity index (χ4v) is 2.37. The van der Waals surface area contributed by atoms with E-state index in [-0.39, 0.29) is 6.10 Å². The van der Waals surface area contributed by atoms with E-state index in [4.69, 9.17) is 16.3 Å². The second-order valence-electron chi connectivity index (χ2n) is 4.33. The lowest BCUT2D eigenvalue weighted by Gasteiger charge is -2.15. The molecule has 0 spiro atoms. The van der Waals surface area contributed by atoms with E-state index in [2.05, 4.69) is 22.5 Å². The Labute approximate surface area is 113 Å². The lowest BCUT2D eigenvalue weighted by atomic mass is 10.3. The lowest BCUT2D eigenvalue weighted by Crippen LogP contribution is -2.18. The van der Waals surface area contributed by atoms with Crippen LogP contribution in [0.4, 0.5) is 0 Å². The number of ether oxygens (including phenoxy) is 1. The Balaban J connectivity index is 2.35. The van der Waals surface area contributed by atoms with Crippen LogP contribution in [0.2, 0.25) is 0 Å². The Bertz CT molecular complexity index is 509. The third kappa shape index (κ3) is 2.85. The molecular formula is C14H19ClN2O. The van der Waals surface area contributed by atoms with E-state index in [0.29, 0.717) is 5.88 Å². The first-order chi connectivity index (χ1) is 8.76. The fraction of sp³-hybridized carbons (Fsp3) is 0.500. The van der Waals surface area contributed by atoms with E-state index in [0.717, 1.165) is 36.4 Å². The maximum Gasteiger partial charge on any atom is 0.111 e. The summed E-state index contributed by atoms with van der Waals surface area (Å²) >= 11 is 5.85. The number of hydrogen-bond donors (Lipinski definition) is 0. The van der Waals surface area contributed by atoms with Crippen molar-refractivity contribution in [3.8, 4) is 0 Å².